The lowest BCUT2D eigenvalue weighted by Crippen LogP contribution is -1.94. The van der Waals surface area contributed by atoms with Gasteiger partial charge in [-0.25, -0.2) is 0 Å². The Kier molecular flexibility index (Phi) is 3.02. The number of fused-ring (bicyclic) bond motifs is 1. The van der Waals surface area contributed by atoms with E-state index in [2.05, 4.69) is 28.1 Å². The maximum Gasteiger partial charge on any atom is 0.136 e. The Balaban J connectivity index is 2.68. The van der Waals surface area contributed by atoms with Crippen LogP contribution in [0.15, 0.2) is 16.6 Å². The molecule has 0 N–H and O–H groups in total. The Morgan fingerprint density at radius 3 is 2.88 bits per heavy atom. The number of allylic oxidation sites excluding steroid dienone is 2. The summed E-state index contributed by atoms with van der Waals surface area (Å²) in [7, 11) is 1.67. The van der Waals surface area contributed by atoms with Crippen molar-refractivity contribution in [2.24, 2.45) is 0 Å². The number of hydrogen-bond acceptors (Lipinski definition) is 2. The van der Waals surface area contributed by atoms with E-state index in [4.69, 9.17) is 10.00 Å². The van der Waals surface area contributed by atoms with Gasteiger partial charge < -0.3 is 4.74 Å². The SMILES string of the molecule is COc1c(C)cc2c(c1Br)C(=CC#N)CC2. The molecule has 1 aliphatic carbocycles. The normalized spacial score (nSPS) is 16.0. The third-order valence-electron chi connectivity index (χ3n) is 2.92. The summed E-state index contributed by atoms with van der Waals surface area (Å²) in [5, 5.41) is 8.75. The Morgan fingerprint density at radius 1 is 1.50 bits per heavy atom. The molecule has 0 amide bonds. The first kappa shape index (κ1) is 11.2. The van der Waals surface area contributed by atoms with E-state index >= 15 is 0 Å². The zero-order valence-electron chi connectivity index (χ0n) is 9.30. The van der Waals surface area contributed by atoms with Crippen molar-refractivity contribution < 1.29 is 4.74 Å². The number of ether oxygens (including phenoxy) is 1. The summed E-state index contributed by atoms with van der Waals surface area (Å²) >= 11 is 3.58. The number of aryl methyl sites for hydroxylation is 2. The molecule has 0 saturated heterocycles. The van der Waals surface area contributed by atoms with E-state index in [1.807, 2.05) is 6.92 Å². The Morgan fingerprint density at radius 2 is 2.25 bits per heavy atom. The number of hydrogen-bond donors (Lipinski definition) is 0. The zero-order valence-corrected chi connectivity index (χ0v) is 10.9. The molecule has 0 fully saturated rings. The van der Waals surface area contributed by atoms with Gasteiger partial charge in [0.25, 0.3) is 0 Å². The maximum atomic E-state index is 8.75. The summed E-state index contributed by atoms with van der Waals surface area (Å²) in [6, 6.07) is 4.26. The minimum atomic E-state index is 0.865. The van der Waals surface area contributed by atoms with E-state index in [0.717, 1.165) is 39.8 Å². The number of methoxy groups -OCH3 is 1. The molecule has 0 aliphatic heterocycles. The number of rotatable bonds is 1. The van der Waals surface area contributed by atoms with Gasteiger partial charge in [0.15, 0.2) is 0 Å². The van der Waals surface area contributed by atoms with E-state index in [-0.39, 0.29) is 0 Å². The average Bonchev–Trinajstić information content (AvgIpc) is 2.62. The molecule has 3 heteroatoms. The number of halogens is 1. The van der Waals surface area contributed by atoms with E-state index in [9.17, 15) is 0 Å². The summed E-state index contributed by atoms with van der Waals surface area (Å²) in [5.41, 5.74) is 4.67. The second-order valence-electron chi connectivity index (χ2n) is 3.87. The Labute approximate surface area is 104 Å². The van der Waals surface area contributed by atoms with Crippen LogP contribution in [0.5, 0.6) is 5.75 Å². The molecule has 0 bridgehead atoms. The number of benzene rings is 1. The largest absolute Gasteiger partial charge is 0.495 e. The van der Waals surface area contributed by atoms with Crippen molar-refractivity contribution >= 4 is 21.5 Å². The fourth-order valence-corrected chi connectivity index (χ4v) is 3.22. The van der Waals surface area contributed by atoms with Crippen molar-refractivity contribution in [1.82, 2.24) is 0 Å². The highest BCUT2D eigenvalue weighted by Crippen LogP contribution is 2.43. The monoisotopic (exact) mass is 277 g/mol. The minimum absolute atomic E-state index is 0.865. The summed E-state index contributed by atoms with van der Waals surface area (Å²) in [5.74, 6) is 0.865. The van der Waals surface area contributed by atoms with Crippen molar-refractivity contribution in [2.45, 2.75) is 19.8 Å². The molecule has 0 radical (unpaired) electrons. The van der Waals surface area contributed by atoms with E-state index < -0.39 is 0 Å². The standard InChI is InChI=1S/C13H12BrNO/c1-8-7-10-4-3-9(5-6-15)11(10)12(14)13(8)16-2/h5,7H,3-4H2,1-2H3. The Bertz CT molecular complexity index is 512. The molecule has 0 aromatic heterocycles. The molecule has 1 aliphatic rings. The van der Waals surface area contributed by atoms with Gasteiger partial charge in [-0.3, -0.25) is 0 Å². The zero-order chi connectivity index (χ0) is 11.7. The van der Waals surface area contributed by atoms with Crippen molar-refractivity contribution in [2.75, 3.05) is 7.11 Å². The van der Waals surface area contributed by atoms with Crippen LogP contribution in [0, 0.1) is 18.3 Å². The summed E-state index contributed by atoms with van der Waals surface area (Å²) < 4.78 is 6.35. The molecule has 2 nitrogen and oxygen atoms in total. The van der Waals surface area contributed by atoms with Crippen LogP contribution in [-0.4, -0.2) is 7.11 Å². The fourth-order valence-electron chi connectivity index (χ4n) is 2.24. The summed E-state index contributed by atoms with van der Waals surface area (Å²) in [6.07, 6.45) is 3.58. The molecule has 2 rings (SSSR count). The lowest BCUT2D eigenvalue weighted by atomic mass is 10.0. The van der Waals surface area contributed by atoms with Gasteiger partial charge in [-0.1, -0.05) is 6.07 Å². The van der Waals surface area contributed by atoms with Crippen LogP contribution in [-0.2, 0) is 6.42 Å². The van der Waals surface area contributed by atoms with Gasteiger partial charge >= 0.3 is 0 Å². The highest BCUT2D eigenvalue weighted by molar-refractivity contribution is 9.10. The third kappa shape index (κ3) is 1.64. The molecule has 0 atom stereocenters. The summed E-state index contributed by atoms with van der Waals surface area (Å²) in [4.78, 5) is 0. The topological polar surface area (TPSA) is 33.0 Å². The van der Waals surface area contributed by atoms with Gasteiger partial charge in [0.2, 0.25) is 0 Å². The molecule has 0 spiro atoms. The third-order valence-corrected chi connectivity index (χ3v) is 3.67. The smallest absolute Gasteiger partial charge is 0.136 e. The lowest BCUT2D eigenvalue weighted by Gasteiger charge is -2.12. The average molecular weight is 278 g/mol. The lowest BCUT2D eigenvalue weighted by molar-refractivity contribution is 0.409. The quantitative estimate of drug-likeness (QED) is 0.735. The van der Waals surface area contributed by atoms with E-state index in [0.29, 0.717) is 0 Å². The molecule has 0 unspecified atom stereocenters. The molecular formula is C13H12BrNO. The maximum absolute atomic E-state index is 8.75. The predicted molar refractivity (Wildman–Crippen MR) is 67.3 cm³/mol. The minimum Gasteiger partial charge on any atom is -0.495 e. The van der Waals surface area contributed by atoms with Gasteiger partial charge in [-0.05, 0) is 58.0 Å². The molecular weight excluding hydrogens is 266 g/mol. The van der Waals surface area contributed by atoms with Crippen LogP contribution in [0.25, 0.3) is 5.57 Å². The van der Waals surface area contributed by atoms with Crippen LogP contribution in [0.4, 0.5) is 0 Å². The highest BCUT2D eigenvalue weighted by Gasteiger charge is 2.22. The molecule has 0 heterocycles. The first-order valence-electron chi connectivity index (χ1n) is 5.14. The van der Waals surface area contributed by atoms with Crippen molar-refractivity contribution in [3.63, 3.8) is 0 Å². The van der Waals surface area contributed by atoms with Gasteiger partial charge in [0.1, 0.15) is 5.75 Å². The van der Waals surface area contributed by atoms with E-state index in [1.165, 1.54) is 5.56 Å². The molecule has 16 heavy (non-hydrogen) atoms. The molecule has 0 saturated carbocycles. The first-order chi connectivity index (χ1) is 7.69. The second-order valence-corrected chi connectivity index (χ2v) is 4.67. The fraction of sp³-hybridized carbons (Fsp3) is 0.308. The number of nitrogens with zero attached hydrogens (tertiary/aromatic N) is 1. The Hall–Kier alpha value is -1.27. The van der Waals surface area contributed by atoms with Gasteiger partial charge in [-0.15, -0.1) is 0 Å². The van der Waals surface area contributed by atoms with E-state index in [1.54, 1.807) is 13.2 Å². The van der Waals surface area contributed by atoms with Crippen LogP contribution in [0.1, 0.15) is 23.1 Å². The number of nitriles is 1. The predicted octanol–water partition coefficient (Wildman–Crippen LogP) is 3.62. The molecule has 82 valence electrons. The molecule has 1 aromatic rings. The van der Waals surface area contributed by atoms with Gasteiger partial charge in [-0.2, -0.15) is 5.26 Å². The molecule has 1 aromatic carbocycles. The van der Waals surface area contributed by atoms with Crippen molar-refractivity contribution in [3.05, 3.63) is 33.3 Å². The van der Waals surface area contributed by atoms with Crippen LogP contribution < -0.4 is 4.74 Å². The second kappa shape index (κ2) is 4.31. The van der Waals surface area contributed by atoms with Crippen LogP contribution >= 0.6 is 15.9 Å². The van der Waals surface area contributed by atoms with Gasteiger partial charge in [0, 0.05) is 6.08 Å². The van der Waals surface area contributed by atoms with Gasteiger partial charge in [0.05, 0.1) is 17.7 Å². The summed E-state index contributed by atoms with van der Waals surface area (Å²) in [6.45, 7) is 2.04. The van der Waals surface area contributed by atoms with Crippen molar-refractivity contribution in [3.8, 4) is 11.8 Å². The van der Waals surface area contributed by atoms with Crippen molar-refractivity contribution in [1.29, 1.82) is 5.26 Å². The first-order valence-corrected chi connectivity index (χ1v) is 5.93. The highest BCUT2D eigenvalue weighted by atomic mass is 79.9. The van der Waals surface area contributed by atoms with Crippen LogP contribution in [0.3, 0.4) is 0 Å². The van der Waals surface area contributed by atoms with Crippen LogP contribution in [0.2, 0.25) is 0 Å².